The largest absolute Gasteiger partial charge is 0.372 e. The van der Waals surface area contributed by atoms with E-state index in [1.165, 1.54) is 6.07 Å². The van der Waals surface area contributed by atoms with Crippen LogP contribution in [0.25, 0.3) is 0 Å². The molecule has 1 aromatic heterocycles. The Labute approximate surface area is 94.5 Å². The molecule has 0 bridgehead atoms. The number of morpholine rings is 1. The summed E-state index contributed by atoms with van der Waals surface area (Å²) in [7, 11) is 0. The molecule has 2 rings (SSSR count). The van der Waals surface area contributed by atoms with Gasteiger partial charge in [0.05, 0.1) is 12.2 Å². The van der Waals surface area contributed by atoms with Crippen LogP contribution in [-0.4, -0.2) is 35.3 Å². The molecule has 0 aliphatic carbocycles. The topological polar surface area (TPSA) is 58.2 Å². The third-order valence-corrected chi connectivity index (χ3v) is 2.60. The van der Waals surface area contributed by atoms with E-state index in [-0.39, 0.29) is 11.2 Å². The van der Waals surface area contributed by atoms with Crippen molar-refractivity contribution in [3.8, 4) is 0 Å². The van der Waals surface area contributed by atoms with Gasteiger partial charge < -0.3 is 14.6 Å². The zero-order chi connectivity index (χ0) is 11.8. The summed E-state index contributed by atoms with van der Waals surface area (Å²) in [5.74, 6) is 1.38. The maximum atomic E-state index is 11.4. The summed E-state index contributed by atoms with van der Waals surface area (Å²) in [5.41, 5.74) is -0.289. The maximum absolute atomic E-state index is 11.4. The normalized spacial score (nSPS) is 19.8. The Kier molecular flexibility index (Phi) is 2.71. The van der Waals surface area contributed by atoms with Gasteiger partial charge in [-0.05, 0) is 20.8 Å². The maximum Gasteiger partial charge on any atom is 0.252 e. The van der Waals surface area contributed by atoms with Crippen LogP contribution in [0.3, 0.4) is 0 Å². The minimum Gasteiger partial charge on any atom is -0.372 e. The average molecular weight is 223 g/mol. The molecule has 2 heterocycles. The summed E-state index contributed by atoms with van der Waals surface area (Å²) in [6.07, 6.45) is 0. The van der Waals surface area contributed by atoms with Crippen molar-refractivity contribution in [2.24, 2.45) is 0 Å². The molecule has 0 radical (unpaired) electrons. The molecule has 1 aliphatic rings. The molecule has 1 aromatic rings. The number of hydrogen-bond acceptors (Lipinski definition) is 4. The summed E-state index contributed by atoms with van der Waals surface area (Å²) in [6.45, 7) is 8.07. The number of rotatable bonds is 1. The fourth-order valence-corrected chi connectivity index (χ4v) is 1.94. The van der Waals surface area contributed by atoms with E-state index in [0.29, 0.717) is 12.4 Å². The number of nitrogens with one attached hydrogen (secondary N) is 1. The highest BCUT2D eigenvalue weighted by molar-refractivity contribution is 5.38. The zero-order valence-corrected chi connectivity index (χ0v) is 9.91. The molecule has 88 valence electrons. The molecule has 0 saturated carbocycles. The van der Waals surface area contributed by atoms with Crippen LogP contribution in [0.5, 0.6) is 0 Å². The highest BCUT2D eigenvalue weighted by atomic mass is 16.5. The predicted octanol–water partition coefficient (Wildman–Crippen LogP) is 0.694. The second-order valence-electron chi connectivity index (χ2n) is 4.72. The van der Waals surface area contributed by atoms with Gasteiger partial charge in [0.2, 0.25) is 0 Å². The zero-order valence-electron chi connectivity index (χ0n) is 9.91. The number of aryl methyl sites for hydroxylation is 1. The molecule has 0 amide bonds. The number of aromatic nitrogens is 2. The van der Waals surface area contributed by atoms with Gasteiger partial charge in [-0.15, -0.1) is 0 Å². The highest BCUT2D eigenvalue weighted by Crippen LogP contribution is 2.20. The van der Waals surface area contributed by atoms with E-state index < -0.39 is 0 Å². The van der Waals surface area contributed by atoms with E-state index >= 15 is 0 Å². The molecular weight excluding hydrogens is 206 g/mol. The summed E-state index contributed by atoms with van der Waals surface area (Å²) in [5, 5.41) is 0. The monoisotopic (exact) mass is 223 g/mol. The third-order valence-electron chi connectivity index (χ3n) is 2.60. The van der Waals surface area contributed by atoms with Crippen LogP contribution in [0.4, 0.5) is 5.82 Å². The number of anilines is 1. The number of H-pyrrole nitrogens is 1. The van der Waals surface area contributed by atoms with E-state index in [0.717, 1.165) is 18.9 Å². The lowest BCUT2D eigenvalue weighted by atomic mass is 10.1. The smallest absolute Gasteiger partial charge is 0.252 e. The predicted molar refractivity (Wildman–Crippen MR) is 61.8 cm³/mol. The van der Waals surface area contributed by atoms with Crippen molar-refractivity contribution in [1.29, 1.82) is 0 Å². The standard InChI is InChI=1S/C11H17N3O2/c1-8-12-9(6-10(15)13-8)14-4-5-16-11(2,3)7-14/h6H,4-5,7H2,1-3H3,(H,12,13,15). The Balaban J connectivity index is 2.27. The van der Waals surface area contributed by atoms with E-state index in [1.807, 2.05) is 13.8 Å². The molecule has 1 aliphatic heterocycles. The molecule has 0 atom stereocenters. The van der Waals surface area contributed by atoms with Crippen LogP contribution in [-0.2, 0) is 4.74 Å². The molecular formula is C11H17N3O2. The minimum absolute atomic E-state index is 0.105. The van der Waals surface area contributed by atoms with Crippen molar-refractivity contribution in [2.45, 2.75) is 26.4 Å². The van der Waals surface area contributed by atoms with Crippen LogP contribution >= 0.6 is 0 Å². The molecule has 5 nitrogen and oxygen atoms in total. The molecule has 0 unspecified atom stereocenters. The number of nitrogens with zero attached hydrogens (tertiary/aromatic N) is 2. The van der Waals surface area contributed by atoms with E-state index in [2.05, 4.69) is 14.9 Å². The number of hydrogen-bond donors (Lipinski definition) is 1. The van der Waals surface area contributed by atoms with Crippen molar-refractivity contribution >= 4 is 5.82 Å². The van der Waals surface area contributed by atoms with E-state index in [4.69, 9.17) is 4.74 Å². The van der Waals surface area contributed by atoms with Gasteiger partial charge in [-0.3, -0.25) is 4.79 Å². The lowest BCUT2D eigenvalue weighted by Gasteiger charge is -2.38. The highest BCUT2D eigenvalue weighted by Gasteiger charge is 2.28. The van der Waals surface area contributed by atoms with Crippen LogP contribution in [0.1, 0.15) is 19.7 Å². The fourth-order valence-electron chi connectivity index (χ4n) is 1.94. The van der Waals surface area contributed by atoms with Crippen LogP contribution in [0, 0.1) is 6.92 Å². The SMILES string of the molecule is Cc1nc(N2CCOC(C)(C)C2)cc(=O)[nH]1. The van der Waals surface area contributed by atoms with Gasteiger partial charge in [0.25, 0.3) is 5.56 Å². The van der Waals surface area contributed by atoms with Crippen LogP contribution in [0.2, 0.25) is 0 Å². The quantitative estimate of drug-likeness (QED) is 0.761. The second-order valence-corrected chi connectivity index (χ2v) is 4.72. The van der Waals surface area contributed by atoms with Gasteiger partial charge in [-0.2, -0.15) is 0 Å². The Morgan fingerprint density at radius 3 is 2.94 bits per heavy atom. The Morgan fingerprint density at radius 1 is 1.56 bits per heavy atom. The van der Waals surface area contributed by atoms with Crippen molar-refractivity contribution in [1.82, 2.24) is 9.97 Å². The molecule has 0 spiro atoms. The van der Waals surface area contributed by atoms with Gasteiger partial charge >= 0.3 is 0 Å². The first-order chi connectivity index (χ1) is 7.46. The third kappa shape index (κ3) is 2.41. The first-order valence-electron chi connectivity index (χ1n) is 5.43. The molecule has 5 heteroatoms. The molecule has 0 aromatic carbocycles. The summed E-state index contributed by atoms with van der Waals surface area (Å²) in [4.78, 5) is 20.4. The van der Waals surface area contributed by atoms with Gasteiger partial charge in [0.1, 0.15) is 11.6 Å². The summed E-state index contributed by atoms with van der Waals surface area (Å²) >= 11 is 0. The van der Waals surface area contributed by atoms with Gasteiger partial charge in [-0.1, -0.05) is 0 Å². The number of ether oxygens (including phenoxy) is 1. The van der Waals surface area contributed by atoms with Crippen molar-refractivity contribution < 1.29 is 4.74 Å². The van der Waals surface area contributed by atoms with Gasteiger partial charge in [-0.25, -0.2) is 4.98 Å². The lowest BCUT2D eigenvalue weighted by molar-refractivity contribution is -0.0279. The molecule has 1 fully saturated rings. The summed E-state index contributed by atoms with van der Waals surface area (Å²) in [6, 6.07) is 1.54. The second kappa shape index (κ2) is 3.90. The Hall–Kier alpha value is -1.36. The van der Waals surface area contributed by atoms with Gasteiger partial charge in [0.15, 0.2) is 0 Å². The number of aromatic amines is 1. The van der Waals surface area contributed by atoms with Crippen LogP contribution in [0.15, 0.2) is 10.9 Å². The first kappa shape index (κ1) is 11.1. The Morgan fingerprint density at radius 2 is 2.31 bits per heavy atom. The molecule has 1 N–H and O–H groups in total. The lowest BCUT2D eigenvalue weighted by Crippen LogP contribution is -2.49. The van der Waals surface area contributed by atoms with Crippen molar-refractivity contribution in [3.05, 3.63) is 22.2 Å². The van der Waals surface area contributed by atoms with Crippen molar-refractivity contribution in [3.63, 3.8) is 0 Å². The summed E-state index contributed by atoms with van der Waals surface area (Å²) < 4.78 is 5.62. The first-order valence-corrected chi connectivity index (χ1v) is 5.43. The fraction of sp³-hybridized carbons (Fsp3) is 0.636. The van der Waals surface area contributed by atoms with Crippen LogP contribution < -0.4 is 10.5 Å². The average Bonchev–Trinajstić information content (AvgIpc) is 2.14. The molecule has 16 heavy (non-hydrogen) atoms. The van der Waals surface area contributed by atoms with E-state index in [1.54, 1.807) is 6.92 Å². The van der Waals surface area contributed by atoms with E-state index in [9.17, 15) is 4.79 Å². The van der Waals surface area contributed by atoms with Gasteiger partial charge in [0, 0.05) is 19.2 Å². The van der Waals surface area contributed by atoms with Crippen molar-refractivity contribution in [2.75, 3.05) is 24.6 Å². The molecule has 1 saturated heterocycles. The Bertz CT molecular complexity index is 439. The minimum atomic E-state index is -0.184.